The third kappa shape index (κ3) is 3.87. The lowest BCUT2D eigenvalue weighted by molar-refractivity contribution is 0.102. The molecule has 2 aromatic carbocycles. The minimum atomic E-state index is -0.268. The highest BCUT2D eigenvalue weighted by atomic mass is 16.5. The molecule has 3 heterocycles. The zero-order chi connectivity index (χ0) is 22.9. The van der Waals surface area contributed by atoms with Crippen LogP contribution in [0.2, 0.25) is 0 Å². The van der Waals surface area contributed by atoms with Crippen molar-refractivity contribution in [1.82, 2.24) is 24.9 Å². The molecule has 0 aliphatic rings. The molecule has 1 N–H and O–H groups in total. The highest BCUT2D eigenvalue weighted by molar-refractivity contribution is 6.13. The van der Waals surface area contributed by atoms with Gasteiger partial charge >= 0.3 is 0 Å². The number of para-hydroxylation sites is 1. The van der Waals surface area contributed by atoms with E-state index in [0.717, 1.165) is 5.56 Å². The van der Waals surface area contributed by atoms with E-state index >= 15 is 0 Å². The van der Waals surface area contributed by atoms with Gasteiger partial charge in [-0.25, -0.2) is 9.67 Å². The van der Waals surface area contributed by atoms with Crippen molar-refractivity contribution in [2.45, 2.75) is 26.8 Å². The van der Waals surface area contributed by atoms with Crippen LogP contribution in [0.1, 0.15) is 36.1 Å². The number of aryl methyl sites for hydroxylation is 1. The zero-order valence-electron chi connectivity index (χ0n) is 18.5. The van der Waals surface area contributed by atoms with Gasteiger partial charge in [0, 0.05) is 24.1 Å². The Morgan fingerprint density at radius 1 is 1.03 bits per heavy atom. The fourth-order valence-corrected chi connectivity index (χ4v) is 3.73. The Morgan fingerprint density at radius 2 is 1.79 bits per heavy atom. The molecule has 8 nitrogen and oxygen atoms in total. The summed E-state index contributed by atoms with van der Waals surface area (Å²) in [6.07, 6.45) is 1.69. The van der Waals surface area contributed by atoms with Crippen LogP contribution in [-0.4, -0.2) is 30.8 Å². The summed E-state index contributed by atoms with van der Waals surface area (Å²) in [5.41, 5.74) is 4.05. The predicted octanol–water partition coefficient (Wildman–Crippen LogP) is 5.29. The molecular weight excluding hydrogens is 416 g/mol. The number of hydrogen-bond donors (Lipinski definition) is 1. The molecule has 33 heavy (non-hydrogen) atoms. The second kappa shape index (κ2) is 8.31. The maximum Gasteiger partial charge on any atom is 0.256 e. The molecule has 1 amide bonds. The number of nitrogens with one attached hydrogen (secondary N) is 1. The Kier molecular flexibility index (Phi) is 5.18. The van der Waals surface area contributed by atoms with Crippen LogP contribution in [0.5, 0.6) is 0 Å². The molecule has 0 unspecified atom stereocenters. The summed E-state index contributed by atoms with van der Waals surface area (Å²) in [6.45, 7) is 5.79. The van der Waals surface area contributed by atoms with E-state index in [-0.39, 0.29) is 11.9 Å². The Bertz CT molecular complexity index is 1450. The summed E-state index contributed by atoms with van der Waals surface area (Å²) in [5.74, 6) is 0.604. The van der Waals surface area contributed by atoms with Crippen molar-refractivity contribution in [2.24, 2.45) is 0 Å². The van der Waals surface area contributed by atoms with Crippen LogP contribution >= 0.6 is 0 Å². The number of amides is 1. The monoisotopic (exact) mass is 438 g/mol. The van der Waals surface area contributed by atoms with Gasteiger partial charge in [0.1, 0.15) is 0 Å². The first-order valence-electron chi connectivity index (χ1n) is 10.7. The number of anilines is 1. The summed E-state index contributed by atoms with van der Waals surface area (Å²) in [6, 6.07) is 19.1. The Labute approximate surface area is 190 Å². The van der Waals surface area contributed by atoms with E-state index in [1.165, 1.54) is 0 Å². The summed E-state index contributed by atoms with van der Waals surface area (Å²) in [7, 11) is 0. The third-order valence-corrected chi connectivity index (χ3v) is 5.31. The number of rotatable bonds is 5. The van der Waals surface area contributed by atoms with Crippen LogP contribution in [0.3, 0.4) is 0 Å². The Balaban J connectivity index is 1.61. The maximum atomic E-state index is 13.5. The number of aromatic nitrogens is 5. The summed E-state index contributed by atoms with van der Waals surface area (Å²) in [5, 5.41) is 12.2. The molecule has 0 saturated carbocycles. The smallest absolute Gasteiger partial charge is 0.256 e. The molecule has 0 saturated heterocycles. The van der Waals surface area contributed by atoms with Gasteiger partial charge in [0.25, 0.3) is 5.91 Å². The predicted molar refractivity (Wildman–Crippen MR) is 126 cm³/mol. The first kappa shape index (κ1) is 20.6. The van der Waals surface area contributed by atoms with E-state index in [1.54, 1.807) is 19.2 Å². The Morgan fingerprint density at radius 3 is 2.52 bits per heavy atom. The molecular formula is C25H22N6O2. The van der Waals surface area contributed by atoms with E-state index in [4.69, 9.17) is 9.51 Å². The van der Waals surface area contributed by atoms with Crippen LogP contribution in [0.15, 0.2) is 71.4 Å². The normalized spacial score (nSPS) is 11.3. The van der Waals surface area contributed by atoms with E-state index in [2.05, 4.69) is 20.6 Å². The van der Waals surface area contributed by atoms with Crippen molar-refractivity contribution in [3.05, 3.63) is 78.3 Å². The van der Waals surface area contributed by atoms with E-state index in [9.17, 15) is 4.79 Å². The highest BCUT2D eigenvalue weighted by Crippen LogP contribution is 2.29. The van der Waals surface area contributed by atoms with Crippen molar-refractivity contribution in [3.8, 4) is 22.6 Å². The first-order valence-corrected chi connectivity index (χ1v) is 10.7. The molecule has 0 atom stereocenters. The third-order valence-electron chi connectivity index (χ3n) is 5.31. The van der Waals surface area contributed by atoms with Gasteiger partial charge < -0.3 is 9.84 Å². The lowest BCUT2D eigenvalue weighted by Gasteiger charge is -2.12. The van der Waals surface area contributed by atoms with Gasteiger partial charge in [-0.3, -0.25) is 4.79 Å². The molecule has 5 rings (SSSR count). The molecule has 5 aromatic rings. The topological polar surface area (TPSA) is 98.7 Å². The standard InChI is InChI=1S/C25H22N6O2/c1-15(2)31-24-20(14-26-31)19(13-22(28-24)17-9-5-4-6-10-17)25(32)29-21-12-8-7-11-18(21)23-27-16(3)33-30-23/h4-15H,1-3H3,(H,29,32). The van der Waals surface area contributed by atoms with Crippen LogP contribution < -0.4 is 5.32 Å². The summed E-state index contributed by atoms with van der Waals surface area (Å²) < 4.78 is 6.95. The second-order valence-electron chi connectivity index (χ2n) is 7.98. The average Bonchev–Trinajstić information content (AvgIpc) is 3.45. The quantitative estimate of drug-likeness (QED) is 0.400. The lowest BCUT2D eigenvalue weighted by Crippen LogP contribution is -2.14. The summed E-state index contributed by atoms with van der Waals surface area (Å²) in [4.78, 5) is 22.7. The number of nitrogens with zero attached hydrogens (tertiary/aromatic N) is 5. The molecule has 0 bridgehead atoms. The molecule has 0 spiro atoms. The number of pyridine rings is 1. The molecule has 164 valence electrons. The number of carbonyl (C=O) groups excluding carboxylic acids is 1. The average molecular weight is 438 g/mol. The number of benzene rings is 2. The Hall–Kier alpha value is -4.33. The number of hydrogen-bond acceptors (Lipinski definition) is 6. The van der Waals surface area contributed by atoms with Crippen molar-refractivity contribution in [2.75, 3.05) is 5.32 Å². The van der Waals surface area contributed by atoms with Crippen molar-refractivity contribution < 1.29 is 9.32 Å². The molecule has 0 aliphatic heterocycles. The highest BCUT2D eigenvalue weighted by Gasteiger charge is 2.20. The molecule has 3 aromatic heterocycles. The lowest BCUT2D eigenvalue weighted by atomic mass is 10.1. The van der Waals surface area contributed by atoms with Crippen molar-refractivity contribution in [1.29, 1.82) is 0 Å². The SMILES string of the molecule is Cc1nc(-c2ccccc2NC(=O)c2cc(-c3ccccc3)nc3c2cnn3C(C)C)no1. The molecule has 0 aliphatic carbocycles. The fraction of sp³-hybridized carbons (Fsp3) is 0.160. The number of fused-ring (bicyclic) bond motifs is 1. The van der Waals surface area contributed by atoms with Gasteiger partial charge in [0.15, 0.2) is 5.65 Å². The van der Waals surface area contributed by atoms with Gasteiger partial charge in [-0.1, -0.05) is 47.6 Å². The largest absolute Gasteiger partial charge is 0.339 e. The van der Waals surface area contributed by atoms with E-state index < -0.39 is 0 Å². The van der Waals surface area contributed by atoms with Crippen LogP contribution in [0.4, 0.5) is 5.69 Å². The van der Waals surface area contributed by atoms with Crippen LogP contribution in [0.25, 0.3) is 33.7 Å². The molecule has 0 radical (unpaired) electrons. The van der Waals surface area contributed by atoms with Gasteiger partial charge in [-0.15, -0.1) is 0 Å². The summed E-state index contributed by atoms with van der Waals surface area (Å²) >= 11 is 0. The van der Waals surface area contributed by atoms with E-state index in [1.807, 2.05) is 73.1 Å². The minimum Gasteiger partial charge on any atom is -0.339 e. The van der Waals surface area contributed by atoms with Gasteiger partial charge in [-0.2, -0.15) is 10.1 Å². The number of carbonyl (C=O) groups is 1. The van der Waals surface area contributed by atoms with Crippen LogP contribution in [-0.2, 0) is 0 Å². The van der Waals surface area contributed by atoms with Gasteiger partial charge in [-0.05, 0) is 32.0 Å². The van der Waals surface area contributed by atoms with Gasteiger partial charge in [0.05, 0.1) is 28.5 Å². The van der Waals surface area contributed by atoms with Gasteiger partial charge in [0.2, 0.25) is 11.7 Å². The van der Waals surface area contributed by atoms with Crippen molar-refractivity contribution >= 4 is 22.6 Å². The second-order valence-corrected chi connectivity index (χ2v) is 7.98. The molecule has 0 fully saturated rings. The molecule has 8 heteroatoms. The fourth-order valence-electron chi connectivity index (χ4n) is 3.73. The van der Waals surface area contributed by atoms with E-state index in [0.29, 0.717) is 45.3 Å². The first-order chi connectivity index (χ1) is 16.0. The maximum absolute atomic E-state index is 13.5. The van der Waals surface area contributed by atoms with Crippen molar-refractivity contribution in [3.63, 3.8) is 0 Å². The minimum absolute atomic E-state index is 0.0964. The zero-order valence-corrected chi connectivity index (χ0v) is 18.5. The van der Waals surface area contributed by atoms with Crippen LogP contribution in [0, 0.1) is 6.92 Å².